The van der Waals surface area contributed by atoms with E-state index in [1.807, 2.05) is 74.6 Å². The maximum Gasteiger partial charge on any atom is 0.251 e. The highest BCUT2D eigenvalue weighted by Crippen LogP contribution is 2.23. The van der Waals surface area contributed by atoms with Gasteiger partial charge in [-0.15, -0.1) is 0 Å². The lowest BCUT2D eigenvalue weighted by atomic mass is 10.0. The van der Waals surface area contributed by atoms with E-state index in [-0.39, 0.29) is 11.9 Å². The molecule has 0 saturated heterocycles. The van der Waals surface area contributed by atoms with E-state index in [1.165, 1.54) is 0 Å². The molecule has 1 atom stereocenters. The first-order valence-corrected chi connectivity index (χ1v) is 8.50. The second-order valence-electron chi connectivity index (χ2n) is 6.01. The summed E-state index contributed by atoms with van der Waals surface area (Å²) < 4.78 is 0. The third-order valence-corrected chi connectivity index (χ3v) is 4.45. The van der Waals surface area contributed by atoms with Crippen LogP contribution in [0.25, 0.3) is 11.1 Å². The first-order chi connectivity index (χ1) is 12.0. The predicted molar refractivity (Wildman–Crippen MR) is 102 cm³/mol. The summed E-state index contributed by atoms with van der Waals surface area (Å²) in [5, 5.41) is 3.70. The molecule has 2 aromatic carbocycles. The van der Waals surface area contributed by atoms with Crippen molar-refractivity contribution in [2.24, 2.45) is 0 Å². The summed E-state index contributed by atoms with van der Waals surface area (Å²) in [6.07, 6.45) is 3.61. The Morgan fingerprint density at radius 2 is 1.72 bits per heavy atom. The van der Waals surface area contributed by atoms with Gasteiger partial charge in [-0.1, -0.05) is 35.9 Å². The number of carbonyl (C=O) groups excluding carboxylic acids is 1. The van der Waals surface area contributed by atoms with Crippen LogP contribution >= 0.6 is 11.6 Å². The number of benzene rings is 2. The number of hydrogen-bond acceptors (Lipinski definition) is 2. The van der Waals surface area contributed by atoms with Gasteiger partial charge in [0.15, 0.2) is 0 Å². The number of aromatic nitrogens is 1. The molecular formula is C21H19ClN2O. The van der Waals surface area contributed by atoms with Crippen LogP contribution in [0.1, 0.15) is 34.5 Å². The summed E-state index contributed by atoms with van der Waals surface area (Å²) >= 11 is 5.90. The molecule has 0 radical (unpaired) electrons. The summed E-state index contributed by atoms with van der Waals surface area (Å²) in [6.45, 7) is 3.98. The summed E-state index contributed by atoms with van der Waals surface area (Å²) in [5.41, 5.74) is 4.95. The van der Waals surface area contributed by atoms with Crippen LogP contribution in [0.4, 0.5) is 0 Å². The average molecular weight is 351 g/mol. The molecular weight excluding hydrogens is 332 g/mol. The highest BCUT2D eigenvalue weighted by molar-refractivity contribution is 6.30. The number of carbonyl (C=O) groups is 1. The smallest absolute Gasteiger partial charge is 0.251 e. The minimum absolute atomic E-state index is 0.0908. The molecule has 0 saturated carbocycles. The van der Waals surface area contributed by atoms with Gasteiger partial charge in [0.25, 0.3) is 5.91 Å². The van der Waals surface area contributed by atoms with Gasteiger partial charge in [0.1, 0.15) is 0 Å². The minimum Gasteiger partial charge on any atom is -0.346 e. The Kier molecular flexibility index (Phi) is 5.15. The topological polar surface area (TPSA) is 42.0 Å². The van der Waals surface area contributed by atoms with Gasteiger partial charge >= 0.3 is 0 Å². The first-order valence-electron chi connectivity index (χ1n) is 8.12. The Bertz CT molecular complexity index is 873. The fraction of sp³-hybridized carbons (Fsp3) is 0.143. The number of pyridine rings is 1. The summed E-state index contributed by atoms with van der Waals surface area (Å²) in [5.74, 6) is -0.0968. The second-order valence-corrected chi connectivity index (χ2v) is 6.45. The van der Waals surface area contributed by atoms with Crippen molar-refractivity contribution in [1.29, 1.82) is 0 Å². The van der Waals surface area contributed by atoms with Gasteiger partial charge in [0.05, 0.1) is 6.04 Å². The van der Waals surface area contributed by atoms with Gasteiger partial charge in [-0.05, 0) is 66.4 Å². The molecule has 4 heteroatoms. The number of nitrogens with one attached hydrogen (secondary N) is 1. The first kappa shape index (κ1) is 17.2. The lowest BCUT2D eigenvalue weighted by Crippen LogP contribution is -2.26. The number of hydrogen-bond donors (Lipinski definition) is 1. The van der Waals surface area contributed by atoms with Crippen molar-refractivity contribution in [3.8, 4) is 11.1 Å². The molecule has 1 amide bonds. The van der Waals surface area contributed by atoms with Gasteiger partial charge in [0.2, 0.25) is 0 Å². The van der Waals surface area contributed by atoms with Crippen LogP contribution in [0, 0.1) is 6.92 Å². The van der Waals surface area contributed by atoms with Crippen molar-refractivity contribution in [3.05, 3.63) is 88.7 Å². The van der Waals surface area contributed by atoms with Crippen molar-refractivity contribution in [3.63, 3.8) is 0 Å². The van der Waals surface area contributed by atoms with Crippen LogP contribution in [-0.2, 0) is 0 Å². The molecule has 3 rings (SSSR count). The summed E-state index contributed by atoms with van der Waals surface area (Å²) in [7, 11) is 0. The number of rotatable bonds is 4. The van der Waals surface area contributed by atoms with E-state index in [0.717, 1.165) is 22.3 Å². The molecule has 3 nitrogen and oxygen atoms in total. The number of halogens is 1. The second kappa shape index (κ2) is 7.49. The normalized spacial score (nSPS) is 11.8. The van der Waals surface area contributed by atoms with Crippen LogP contribution in [0.3, 0.4) is 0 Å². The Labute approximate surface area is 152 Å². The Hall–Kier alpha value is -2.65. The van der Waals surface area contributed by atoms with Crippen molar-refractivity contribution in [2.75, 3.05) is 0 Å². The van der Waals surface area contributed by atoms with E-state index >= 15 is 0 Å². The maximum absolute atomic E-state index is 12.5. The van der Waals surface area contributed by atoms with E-state index in [2.05, 4.69) is 10.3 Å². The van der Waals surface area contributed by atoms with Crippen molar-refractivity contribution >= 4 is 17.5 Å². The van der Waals surface area contributed by atoms with Gasteiger partial charge in [-0.2, -0.15) is 0 Å². The highest BCUT2D eigenvalue weighted by atomic mass is 35.5. The maximum atomic E-state index is 12.5. The van der Waals surface area contributed by atoms with Crippen LogP contribution < -0.4 is 5.32 Å². The number of nitrogens with zero attached hydrogens (tertiary/aromatic N) is 1. The zero-order valence-electron chi connectivity index (χ0n) is 14.2. The van der Waals surface area contributed by atoms with E-state index in [1.54, 1.807) is 6.20 Å². The van der Waals surface area contributed by atoms with Crippen molar-refractivity contribution < 1.29 is 4.79 Å². The minimum atomic E-state index is -0.0968. The number of amides is 1. The zero-order chi connectivity index (χ0) is 17.8. The summed E-state index contributed by atoms with van der Waals surface area (Å²) in [6, 6.07) is 17.0. The van der Waals surface area contributed by atoms with Gasteiger partial charge in [-0.25, -0.2) is 0 Å². The third kappa shape index (κ3) is 4.06. The molecule has 0 fully saturated rings. The largest absolute Gasteiger partial charge is 0.346 e. The Morgan fingerprint density at radius 3 is 2.36 bits per heavy atom. The molecule has 0 spiro atoms. The average Bonchev–Trinajstić information content (AvgIpc) is 2.63. The highest BCUT2D eigenvalue weighted by Gasteiger charge is 2.12. The number of aryl methyl sites for hydroxylation is 1. The molecule has 1 aromatic heterocycles. The molecule has 1 heterocycles. The molecule has 0 bridgehead atoms. The van der Waals surface area contributed by atoms with Crippen LogP contribution in [0.15, 0.2) is 67.0 Å². The predicted octanol–water partition coefficient (Wildman–Crippen LogP) is 5.20. The lowest BCUT2D eigenvalue weighted by Gasteiger charge is -2.15. The van der Waals surface area contributed by atoms with Crippen LogP contribution in [-0.4, -0.2) is 10.9 Å². The van der Waals surface area contributed by atoms with Crippen molar-refractivity contribution in [1.82, 2.24) is 10.3 Å². The lowest BCUT2D eigenvalue weighted by molar-refractivity contribution is 0.0940. The monoisotopic (exact) mass is 350 g/mol. The van der Waals surface area contributed by atoms with Crippen molar-refractivity contribution in [2.45, 2.75) is 19.9 Å². The molecule has 3 aromatic rings. The SMILES string of the molecule is Cc1cnccc1-c1ccc(C(=O)N[C@H](C)c2ccc(Cl)cc2)cc1. The molecule has 0 aliphatic heterocycles. The zero-order valence-corrected chi connectivity index (χ0v) is 14.9. The Morgan fingerprint density at radius 1 is 1.04 bits per heavy atom. The van der Waals surface area contributed by atoms with Gasteiger partial charge in [0, 0.05) is 23.0 Å². The summed E-state index contributed by atoms with van der Waals surface area (Å²) in [4.78, 5) is 16.6. The Balaban J connectivity index is 1.72. The molecule has 0 unspecified atom stereocenters. The molecule has 25 heavy (non-hydrogen) atoms. The molecule has 1 N–H and O–H groups in total. The fourth-order valence-electron chi connectivity index (χ4n) is 2.71. The van der Waals surface area contributed by atoms with E-state index in [0.29, 0.717) is 10.6 Å². The van der Waals surface area contributed by atoms with Crippen LogP contribution in [0.5, 0.6) is 0 Å². The fourth-order valence-corrected chi connectivity index (χ4v) is 2.84. The van der Waals surface area contributed by atoms with E-state index in [9.17, 15) is 4.79 Å². The third-order valence-electron chi connectivity index (χ3n) is 4.20. The van der Waals surface area contributed by atoms with Gasteiger partial charge in [-0.3, -0.25) is 9.78 Å². The molecule has 0 aliphatic carbocycles. The van der Waals surface area contributed by atoms with Gasteiger partial charge < -0.3 is 5.32 Å². The van der Waals surface area contributed by atoms with Crippen LogP contribution in [0.2, 0.25) is 5.02 Å². The van der Waals surface area contributed by atoms with E-state index < -0.39 is 0 Å². The molecule has 0 aliphatic rings. The standard InChI is InChI=1S/C21H19ClN2O/c1-14-13-23-12-11-20(14)17-3-5-18(6-4-17)21(25)24-15(2)16-7-9-19(22)10-8-16/h3-13,15H,1-2H3,(H,24,25)/t15-/m1/s1. The quantitative estimate of drug-likeness (QED) is 0.702. The molecule has 126 valence electrons. The van der Waals surface area contributed by atoms with E-state index in [4.69, 9.17) is 11.6 Å².